The van der Waals surface area contributed by atoms with Gasteiger partial charge in [-0.15, -0.1) is 0 Å². The summed E-state index contributed by atoms with van der Waals surface area (Å²) in [5, 5.41) is 0. The van der Waals surface area contributed by atoms with Crippen LogP contribution in [0.1, 0.15) is 32.8 Å². The molecule has 0 amide bonds. The molecule has 1 aromatic rings. The van der Waals surface area contributed by atoms with Gasteiger partial charge in [0.05, 0.1) is 13.2 Å². The van der Waals surface area contributed by atoms with Crippen molar-refractivity contribution in [2.75, 3.05) is 13.2 Å². The number of rotatable bonds is 7. The molecule has 0 saturated carbocycles. The maximum atomic E-state index is 12.4. The van der Waals surface area contributed by atoms with Gasteiger partial charge in [-0.05, 0) is 67.0 Å². The van der Waals surface area contributed by atoms with Gasteiger partial charge >= 0.3 is 11.9 Å². The van der Waals surface area contributed by atoms with Gasteiger partial charge in [-0.25, -0.2) is 0 Å². The summed E-state index contributed by atoms with van der Waals surface area (Å²) >= 11 is 2.21. The Morgan fingerprint density at radius 1 is 1.00 bits per heavy atom. The molecule has 0 aliphatic rings. The van der Waals surface area contributed by atoms with E-state index >= 15 is 0 Å². The van der Waals surface area contributed by atoms with Crippen molar-refractivity contribution >= 4 is 34.5 Å². The van der Waals surface area contributed by atoms with Crippen LogP contribution < -0.4 is 0 Å². The summed E-state index contributed by atoms with van der Waals surface area (Å²) in [7, 11) is 0. The van der Waals surface area contributed by atoms with Crippen molar-refractivity contribution in [2.24, 2.45) is 5.41 Å². The molecule has 0 radical (unpaired) electrons. The molecule has 0 heterocycles. The summed E-state index contributed by atoms with van der Waals surface area (Å²) < 4.78 is 11.3. The van der Waals surface area contributed by atoms with E-state index in [0.29, 0.717) is 6.42 Å². The van der Waals surface area contributed by atoms with Gasteiger partial charge in [0.2, 0.25) is 0 Å². The molecule has 0 N–H and O–H groups in total. The summed E-state index contributed by atoms with van der Waals surface area (Å²) in [5.74, 6) is -1.02. The normalized spacial score (nSPS) is 11.0. The lowest BCUT2D eigenvalue weighted by atomic mass is 9.79. The van der Waals surface area contributed by atoms with Crippen molar-refractivity contribution in [1.82, 2.24) is 0 Å². The highest BCUT2D eigenvalue weighted by atomic mass is 127. The van der Waals surface area contributed by atoms with E-state index in [4.69, 9.17) is 9.47 Å². The molecule has 116 valence electrons. The Bertz CT molecular complexity index is 464. The Morgan fingerprint density at radius 3 is 1.86 bits per heavy atom. The topological polar surface area (TPSA) is 52.6 Å². The van der Waals surface area contributed by atoms with Gasteiger partial charge in [-0.2, -0.15) is 0 Å². The average molecular weight is 404 g/mol. The van der Waals surface area contributed by atoms with Crippen LogP contribution in [0.2, 0.25) is 0 Å². The summed E-state index contributed by atoms with van der Waals surface area (Å²) in [6, 6.07) is 7.74. The quantitative estimate of drug-likeness (QED) is 0.397. The van der Waals surface area contributed by atoms with Crippen LogP contribution in [0.25, 0.3) is 0 Å². The van der Waals surface area contributed by atoms with E-state index in [1.807, 2.05) is 24.3 Å². The van der Waals surface area contributed by atoms with E-state index in [0.717, 1.165) is 9.13 Å². The Labute approximate surface area is 139 Å². The third-order valence-electron chi connectivity index (χ3n) is 3.36. The molecule has 0 bridgehead atoms. The van der Waals surface area contributed by atoms with Crippen molar-refractivity contribution in [1.29, 1.82) is 0 Å². The number of halogens is 1. The number of esters is 2. The lowest BCUT2D eigenvalue weighted by molar-refractivity contribution is -0.172. The van der Waals surface area contributed by atoms with Crippen LogP contribution in [0, 0.1) is 8.99 Å². The number of carbonyl (C=O) groups is 2. The molecule has 0 fully saturated rings. The van der Waals surface area contributed by atoms with Gasteiger partial charge in [0.25, 0.3) is 0 Å². The van der Waals surface area contributed by atoms with Gasteiger partial charge in [0.15, 0.2) is 5.41 Å². The maximum absolute atomic E-state index is 12.4. The summed E-state index contributed by atoms with van der Waals surface area (Å²) in [6.07, 6.45) is 0.634. The molecule has 0 saturated heterocycles. The highest BCUT2D eigenvalue weighted by molar-refractivity contribution is 14.1. The monoisotopic (exact) mass is 404 g/mol. The second kappa shape index (κ2) is 8.36. The molecule has 0 aromatic heterocycles. The van der Waals surface area contributed by atoms with Gasteiger partial charge in [0, 0.05) is 3.57 Å². The number of hydrogen-bond acceptors (Lipinski definition) is 4. The number of benzene rings is 1. The summed E-state index contributed by atoms with van der Waals surface area (Å²) in [5.41, 5.74) is -0.350. The van der Waals surface area contributed by atoms with Crippen LogP contribution in [0.3, 0.4) is 0 Å². The zero-order chi connectivity index (χ0) is 15.9. The fourth-order valence-corrected chi connectivity index (χ4v) is 2.49. The predicted molar refractivity (Wildman–Crippen MR) is 88.9 cm³/mol. The van der Waals surface area contributed by atoms with Crippen molar-refractivity contribution in [2.45, 2.75) is 33.6 Å². The summed E-state index contributed by atoms with van der Waals surface area (Å²) in [6.45, 7) is 5.75. The Morgan fingerprint density at radius 2 is 1.48 bits per heavy atom. The molecular formula is C16H21IO4. The van der Waals surface area contributed by atoms with Crippen LogP contribution in [0.4, 0.5) is 0 Å². The molecule has 5 heteroatoms. The maximum Gasteiger partial charge on any atom is 0.323 e. The molecule has 0 aliphatic carbocycles. The SMILES string of the molecule is CCOC(=O)C(CC)(Cc1ccc(I)cc1)C(=O)OCC. The van der Waals surface area contributed by atoms with E-state index < -0.39 is 17.4 Å². The molecule has 1 rings (SSSR count). The van der Waals surface area contributed by atoms with Crippen molar-refractivity contribution < 1.29 is 19.1 Å². The third kappa shape index (κ3) is 4.43. The molecule has 1 aromatic carbocycles. The van der Waals surface area contributed by atoms with E-state index in [1.54, 1.807) is 20.8 Å². The fraction of sp³-hybridized carbons (Fsp3) is 0.500. The highest BCUT2D eigenvalue weighted by Gasteiger charge is 2.47. The van der Waals surface area contributed by atoms with Crippen LogP contribution in [0.15, 0.2) is 24.3 Å². The van der Waals surface area contributed by atoms with Gasteiger partial charge in [0.1, 0.15) is 0 Å². The minimum atomic E-state index is -1.27. The van der Waals surface area contributed by atoms with Crippen LogP contribution in [-0.4, -0.2) is 25.2 Å². The van der Waals surface area contributed by atoms with Gasteiger partial charge in [-0.3, -0.25) is 9.59 Å². The van der Waals surface area contributed by atoms with Crippen molar-refractivity contribution in [3.8, 4) is 0 Å². The lowest BCUT2D eigenvalue weighted by Gasteiger charge is -2.28. The van der Waals surface area contributed by atoms with E-state index in [1.165, 1.54) is 0 Å². The van der Waals surface area contributed by atoms with E-state index in [-0.39, 0.29) is 19.6 Å². The van der Waals surface area contributed by atoms with Gasteiger partial charge in [-0.1, -0.05) is 19.1 Å². The first kappa shape index (κ1) is 17.9. The number of ether oxygens (including phenoxy) is 2. The summed E-state index contributed by atoms with van der Waals surface area (Å²) in [4.78, 5) is 24.7. The first-order chi connectivity index (χ1) is 10.00. The molecule has 21 heavy (non-hydrogen) atoms. The molecule has 0 aliphatic heterocycles. The minimum absolute atomic E-state index is 0.243. The van der Waals surface area contributed by atoms with Gasteiger partial charge < -0.3 is 9.47 Å². The largest absolute Gasteiger partial charge is 0.465 e. The zero-order valence-corrected chi connectivity index (χ0v) is 14.8. The molecule has 4 nitrogen and oxygen atoms in total. The molecule has 0 unspecified atom stereocenters. The van der Waals surface area contributed by atoms with Crippen LogP contribution in [0.5, 0.6) is 0 Å². The first-order valence-electron chi connectivity index (χ1n) is 7.09. The second-order valence-corrected chi connectivity index (χ2v) is 5.93. The lowest BCUT2D eigenvalue weighted by Crippen LogP contribution is -2.43. The second-order valence-electron chi connectivity index (χ2n) is 4.68. The number of carbonyl (C=O) groups excluding carboxylic acids is 2. The van der Waals surface area contributed by atoms with Crippen molar-refractivity contribution in [3.63, 3.8) is 0 Å². The van der Waals surface area contributed by atoms with Crippen molar-refractivity contribution in [3.05, 3.63) is 33.4 Å². The van der Waals surface area contributed by atoms with E-state index in [9.17, 15) is 9.59 Å². The fourth-order valence-electron chi connectivity index (χ4n) is 2.13. The Balaban J connectivity index is 3.12. The Kier molecular flexibility index (Phi) is 7.14. The molecular weight excluding hydrogens is 383 g/mol. The minimum Gasteiger partial charge on any atom is -0.465 e. The highest BCUT2D eigenvalue weighted by Crippen LogP contribution is 2.31. The van der Waals surface area contributed by atoms with E-state index in [2.05, 4.69) is 22.6 Å². The average Bonchev–Trinajstić information content (AvgIpc) is 2.47. The van der Waals surface area contributed by atoms with Crippen LogP contribution >= 0.6 is 22.6 Å². The third-order valence-corrected chi connectivity index (χ3v) is 4.07. The Hall–Kier alpha value is -1.11. The zero-order valence-electron chi connectivity index (χ0n) is 12.6. The van der Waals surface area contributed by atoms with Crippen LogP contribution in [-0.2, 0) is 25.5 Å². The molecule has 0 spiro atoms. The predicted octanol–water partition coefficient (Wildman–Crippen LogP) is 3.36. The molecule has 0 atom stereocenters. The standard InChI is InChI=1S/C16H21IO4/c1-4-16(14(18)20-5-2,15(19)21-6-3)11-12-7-9-13(17)10-8-12/h7-10H,4-6,11H2,1-3H3. The smallest absolute Gasteiger partial charge is 0.323 e. The first-order valence-corrected chi connectivity index (χ1v) is 8.16. The number of hydrogen-bond donors (Lipinski definition) is 0.